The summed E-state index contributed by atoms with van der Waals surface area (Å²) in [5.74, 6) is -3.18. The van der Waals surface area contributed by atoms with Gasteiger partial charge >= 0.3 is 6.09 Å². The Labute approximate surface area is 125 Å². The predicted octanol–water partition coefficient (Wildman–Crippen LogP) is 2.88. The number of nitrogens with zero attached hydrogens (tertiary/aromatic N) is 1. The van der Waals surface area contributed by atoms with Gasteiger partial charge in [-0.15, -0.1) is 0 Å². The lowest BCUT2D eigenvalue weighted by atomic mass is 9.77. The van der Waals surface area contributed by atoms with E-state index in [9.17, 15) is 13.6 Å². The highest BCUT2D eigenvalue weighted by Gasteiger charge is 2.46. The first kappa shape index (κ1) is 16.5. The van der Waals surface area contributed by atoms with Gasteiger partial charge in [-0.2, -0.15) is 0 Å². The molecule has 2 rings (SSSR count). The lowest BCUT2D eigenvalue weighted by Crippen LogP contribution is -2.51. The first-order chi connectivity index (χ1) is 9.69. The van der Waals surface area contributed by atoms with Crippen LogP contribution in [0.3, 0.4) is 0 Å². The van der Waals surface area contributed by atoms with E-state index < -0.39 is 17.4 Å². The lowest BCUT2D eigenvalue weighted by molar-refractivity contribution is -0.103. The molecule has 6 heteroatoms. The summed E-state index contributed by atoms with van der Waals surface area (Å²) in [6.45, 7) is 6.95. The van der Waals surface area contributed by atoms with Crippen LogP contribution in [-0.4, -0.2) is 48.7 Å². The Morgan fingerprint density at radius 3 is 2.38 bits per heavy atom. The summed E-state index contributed by atoms with van der Waals surface area (Å²) < 4.78 is 33.3. The van der Waals surface area contributed by atoms with E-state index in [0.717, 1.165) is 0 Å². The first-order valence-corrected chi connectivity index (χ1v) is 7.75. The van der Waals surface area contributed by atoms with Gasteiger partial charge in [-0.05, 0) is 52.5 Å². The Morgan fingerprint density at radius 2 is 1.86 bits per heavy atom. The monoisotopic (exact) mass is 304 g/mol. The van der Waals surface area contributed by atoms with Gasteiger partial charge in [0.05, 0.1) is 6.54 Å². The van der Waals surface area contributed by atoms with Crippen LogP contribution in [0.5, 0.6) is 0 Å². The molecule has 1 amide bonds. The SMILES string of the molecule is CC(C)(C)OC(=O)N1CCC(C2CCNCC2(F)F)CC1. The molecule has 0 saturated carbocycles. The topological polar surface area (TPSA) is 41.6 Å². The molecule has 0 spiro atoms. The minimum atomic E-state index is -2.63. The third kappa shape index (κ3) is 4.28. The summed E-state index contributed by atoms with van der Waals surface area (Å²) in [5, 5.41) is 2.76. The van der Waals surface area contributed by atoms with Gasteiger partial charge in [0.2, 0.25) is 0 Å². The predicted molar refractivity (Wildman–Crippen MR) is 76.5 cm³/mol. The number of alkyl halides is 2. The average Bonchev–Trinajstić information content (AvgIpc) is 2.36. The Bertz CT molecular complexity index is 374. The number of nitrogens with one attached hydrogen (secondary N) is 1. The molecule has 2 heterocycles. The van der Waals surface area contributed by atoms with Crippen LogP contribution < -0.4 is 5.32 Å². The molecule has 122 valence electrons. The van der Waals surface area contributed by atoms with Gasteiger partial charge in [0.25, 0.3) is 5.92 Å². The summed E-state index contributed by atoms with van der Waals surface area (Å²) in [6.07, 6.45) is 1.46. The Morgan fingerprint density at radius 1 is 1.24 bits per heavy atom. The molecule has 0 aromatic rings. The molecule has 0 aromatic carbocycles. The Kier molecular flexibility index (Phi) is 4.76. The van der Waals surface area contributed by atoms with Crippen molar-refractivity contribution < 1.29 is 18.3 Å². The zero-order valence-corrected chi connectivity index (χ0v) is 13.1. The van der Waals surface area contributed by atoms with E-state index >= 15 is 0 Å². The van der Waals surface area contributed by atoms with Gasteiger partial charge in [-0.1, -0.05) is 0 Å². The van der Waals surface area contributed by atoms with Crippen molar-refractivity contribution in [3.63, 3.8) is 0 Å². The second-order valence-electron chi connectivity index (χ2n) is 7.14. The van der Waals surface area contributed by atoms with E-state index in [2.05, 4.69) is 5.32 Å². The van der Waals surface area contributed by atoms with Crippen LogP contribution in [0.1, 0.15) is 40.0 Å². The lowest BCUT2D eigenvalue weighted by Gasteiger charge is -2.41. The van der Waals surface area contributed by atoms with E-state index in [1.807, 2.05) is 20.8 Å². The standard InChI is InChI=1S/C15H26F2N2O2/c1-14(2,3)21-13(20)19-8-5-11(6-9-19)12-4-7-18-10-15(12,16)17/h11-12,18H,4-10H2,1-3H3. The van der Waals surface area contributed by atoms with Gasteiger partial charge in [0.1, 0.15) is 5.60 Å². The largest absolute Gasteiger partial charge is 0.444 e. The summed E-state index contributed by atoms with van der Waals surface area (Å²) in [7, 11) is 0. The summed E-state index contributed by atoms with van der Waals surface area (Å²) in [6, 6.07) is 0. The van der Waals surface area contributed by atoms with Crippen LogP contribution in [0.15, 0.2) is 0 Å². The quantitative estimate of drug-likeness (QED) is 0.810. The number of rotatable bonds is 1. The van der Waals surface area contributed by atoms with Crippen LogP contribution in [0.25, 0.3) is 0 Å². The average molecular weight is 304 g/mol. The number of hydrogen-bond acceptors (Lipinski definition) is 3. The molecular formula is C15H26F2N2O2. The van der Waals surface area contributed by atoms with Gasteiger partial charge in [-0.3, -0.25) is 0 Å². The number of halogens is 2. The molecule has 1 atom stereocenters. The third-order valence-corrected chi connectivity index (χ3v) is 4.30. The minimum Gasteiger partial charge on any atom is -0.444 e. The smallest absolute Gasteiger partial charge is 0.410 e. The maximum absolute atomic E-state index is 14.0. The van der Waals surface area contributed by atoms with Crippen LogP contribution in [-0.2, 0) is 4.74 Å². The fraction of sp³-hybridized carbons (Fsp3) is 0.933. The molecule has 0 aliphatic carbocycles. The molecule has 4 nitrogen and oxygen atoms in total. The fourth-order valence-electron chi connectivity index (χ4n) is 3.25. The molecular weight excluding hydrogens is 278 g/mol. The summed E-state index contributed by atoms with van der Waals surface area (Å²) in [4.78, 5) is 13.6. The van der Waals surface area contributed by atoms with Crippen molar-refractivity contribution in [3.05, 3.63) is 0 Å². The van der Waals surface area contributed by atoms with Crippen LogP contribution >= 0.6 is 0 Å². The number of amides is 1. The van der Waals surface area contributed by atoms with Crippen molar-refractivity contribution in [1.82, 2.24) is 10.2 Å². The number of ether oxygens (including phenoxy) is 1. The normalized spacial score (nSPS) is 27.5. The number of hydrogen-bond donors (Lipinski definition) is 1. The van der Waals surface area contributed by atoms with Crippen molar-refractivity contribution in [3.8, 4) is 0 Å². The Hall–Kier alpha value is -0.910. The third-order valence-electron chi connectivity index (χ3n) is 4.30. The summed E-state index contributed by atoms with van der Waals surface area (Å²) >= 11 is 0. The van der Waals surface area contributed by atoms with Crippen LogP contribution in [0.4, 0.5) is 13.6 Å². The highest BCUT2D eigenvalue weighted by Crippen LogP contribution is 2.39. The first-order valence-electron chi connectivity index (χ1n) is 7.75. The van der Waals surface area contributed by atoms with Crippen molar-refractivity contribution in [2.75, 3.05) is 26.2 Å². The fourth-order valence-corrected chi connectivity index (χ4v) is 3.25. The molecule has 2 aliphatic heterocycles. The molecule has 0 radical (unpaired) electrons. The van der Waals surface area contributed by atoms with E-state index in [1.54, 1.807) is 4.90 Å². The highest BCUT2D eigenvalue weighted by atomic mass is 19.3. The molecule has 0 aromatic heterocycles. The molecule has 2 fully saturated rings. The zero-order valence-electron chi connectivity index (χ0n) is 13.1. The molecule has 2 saturated heterocycles. The molecule has 0 bridgehead atoms. The van der Waals surface area contributed by atoms with Gasteiger partial charge in [0, 0.05) is 19.0 Å². The maximum Gasteiger partial charge on any atom is 0.410 e. The van der Waals surface area contributed by atoms with Crippen molar-refractivity contribution in [2.45, 2.75) is 51.6 Å². The number of piperidine rings is 2. The van der Waals surface area contributed by atoms with Crippen LogP contribution in [0.2, 0.25) is 0 Å². The zero-order chi connectivity index (χ0) is 15.7. The second-order valence-corrected chi connectivity index (χ2v) is 7.14. The van der Waals surface area contributed by atoms with Crippen LogP contribution in [0, 0.1) is 11.8 Å². The number of likely N-dealkylation sites (tertiary alicyclic amines) is 1. The number of carbonyl (C=O) groups excluding carboxylic acids is 1. The molecule has 2 aliphatic rings. The van der Waals surface area contributed by atoms with Crippen molar-refractivity contribution in [2.24, 2.45) is 11.8 Å². The highest BCUT2D eigenvalue weighted by molar-refractivity contribution is 5.68. The number of carbonyl (C=O) groups is 1. The molecule has 1 unspecified atom stereocenters. The second kappa shape index (κ2) is 6.07. The minimum absolute atomic E-state index is 0.000728. The Balaban J connectivity index is 1.87. The summed E-state index contributed by atoms with van der Waals surface area (Å²) in [5.41, 5.74) is -0.518. The molecule has 1 N–H and O–H groups in total. The van der Waals surface area contributed by atoms with Gasteiger partial charge in [-0.25, -0.2) is 13.6 Å². The molecule has 21 heavy (non-hydrogen) atoms. The van der Waals surface area contributed by atoms with Gasteiger partial charge < -0.3 is 15.0 Å². The van der Waals surface area contributed by atoms with Gasteiger partial charge in [0.15, 0.2) is 0 Å². The van der Waals surface area contributed by atoms with E-state index in [1.165, 1.54) is 0 Å². The van der Waals surface area contributed by atoms with E-state index in [-0.39, 0.29) is 18.6 Å². The van der Waals surface area contributed by atoms with E-state index in [4.69, 9.17) is 4.74 Å². The van der Waals surface area contributed by atoms with Crippen molar-refractivity contribution >= 4 is 6.09 Å². The van der Waals surface area contributed by atoms with Crippen molar-refractivity contribution in [1.29, 1.82) is 0 Å². The maximum atomic E-state index is 14.0. The van der Waals surface area contributed by atoms with E-state index in [0.29, 0.717) is 38.9 Å².